The van der Waals surface area contributed by atoms with Crippen LogP contribution in [-0.4, -0.2) is 56.7 Å². The first kappa shape index (κ1) is 60.7. The lowest BCUT2D eigenvalue weighted by molar-refractivity contribution is -0.129. The molecule has 388 valence electrons. The second kappa shape index (κ2) is 42.4. The van der Waals surface area contributed by atoms with Crippen LogP contribution in [0.5, 0.6) is 5.75 Å². The second-order valence-electron chi connectivity index (χ2n) is 20.5. The summed E-state index contributed by atoms with van der Waals surface area (Å²) in [4.78, 5) is 38.9. The van der Waals surface area contributed by atoms with Crippen LogP contribution in [-0.2, 0) is 19.1 Å². The SMILES string of the molecule is CC(C)CCCCCCCCCCCCCCC(=O)NCCCCC(NC(=O)CCCCCCCCCCCCCCC(C)C)C(=O)NCCOCCOc1ccc(C(N)c2ccccc2)cc1. The van der Waals surface area contributed by atoms with Crippen molar-refractivity contribution in [2.45, 2.75) is 239 Å². The summed E-state index contributed by atoms with van der Waals surface area (Å²) in [5, 5.41) is 9.07. The van der Waals surface area contributed by atoms with Gasteiger partial charge in [0, 0.05) is 25.9 Å². The fourth-order valence-corrected chi connectivity index (χ4v) is 8.85. The Kier molecular flexibility index (Phi) is 37.9. The third-order valence-electron chi connectivity index (χ3n) is 13.2. The number of rotatable bonds is 46. The van der Waals surface area contributed by atoms with E-state index in [2.05, 4.69) is 43.6 Å². The van der Waals surface area contributed by atoms with Crippen LogP contribution in [0, 0.1) is 11.8 Å². The zero-order valence-corrected chi connectivity index (χ0v) is 44.1. The standard InChI is InChI=1S/C59H102N4O5/c1-50(2)34-26-21-17-13-9-5-7-11-15-19-23-30-39-56(64)61-45-33-32-38-55(63-57(65)40-31-24-20-16-12-8-6-10-14-18-22-27-35-51(3)4)59(66)62-46-47-67-48-49-68-54-43-41-53(42-44-54)58(60)52-36-28-25-29-37-52/h25,28-29,36-37,41-44,50-51,55,58H,5-24,26-27,30-35,38-40,45-49,60H2,1-4H3,(H,61,64)(H,62,66)(H,63,65). The first-order valence-electron chi connectivity index (χ1n) is 28.1. The molecule has 2 unspecified atom stereocenters. The van der Waals surface area contributed by atoms with Gasteiger partial charge in [0.2, 0.25) is 17.7 Å². The average Bonchev–Trinajstić information content (AvgIpc) is 3.33. The lowest BCUT2D eigenvalue weighted by atomic mass is 10.00. The van der Waals surface area contributed by atoms with E-state index in [0.717, 1.165) is 73.7 Å². The molecular weight excluding hydrogens is 845 g/mol. The molecular formula is C59H102N4O5. The van der Waals surface area contributed by atoms with Crippen molar-refractivity contribution in [1.29, 1.82) is 0 Å². The van der Waals surface area contributed by atoms with Crippen LogP contribution in [0.25, 0.3) is 0 Å². The van der Waals surface area contributed by atoms with Crippen LogP contribution in [0.4, 0.5) is 0 Å². The van der Waals surface area contributed by atoms with E-state index >= 15 is 0 Å². The Balaban J connectivity index is 1.62. The Labute approximate surface area is 416 Å². The van der Waals surface area contributed by atoms with Crippen molar-refractivity contribution < 1.29 is 23.9 Å². The maximum Gasteiger partial charge on any atom is 0.242 e. The lowest BCUT2D eigenvalue weighted by Gasteiger charge is -2.19. The van der Waals surface area contributed by atoms with Crippen molar-refractivity contribution in [3.8, 4) is 5.75 Å². The van der Waals surface area contributed by atoms with Gasteiger partial charge >= 0.3 is 0 Å². The predicted molar refractivity (Wildman–Crippen MR) is 286 cm³/mol. The molecule has 0 heterocycles. The van der Waals surface area contributed by atoms with Gasteiger partial charge in [-0.1, -0.05) is 224 Å². The summed E-state index contributed by atoms with van der Waals surface area (Å²) in [6.07, 6.45) is 36.2. The maximum atomic E-state index is 13.3. The number of ether oxygens (including phenoxy) is 2. The first-order valence-corrected chi connectivity index (χ1v) is 28.1. The quantitative estimate of drug-likeness (QED) is 0.0489. The van der Waals surface area contributed by atoms with Crippen LogP contribution < -0.4 is 26.4 Å². The van der Waals surface area contributed by atoms with Crippen molar-refractivity contribution >= 4 is 17.7 Å². The molecule has 0 saturated heterocycles. The molecule has 0 radical (unpaired) electrons. The van der Waals surface area contributed by atoms with Crippen LogP contribution in [0.15, 0.2) is 54.6 Å². The highest BCUT2D eigenvalue weighted by Gasteiger charge is 2.20. The summed E-state index contributed by atoms with van der Waals surface area (Å²) in [5.41, 5.74) is 8.51. The summed E-state index contributed by atoms with van der Waals surface area (Å²) in [7, 11) is 0. The highest BCUT2D eigenvalue weighted by Crippen LogP contribution is 2.22. The Morgan fingerprint density at radius 1 is 0.456 bits per heavy atom. The second-order valence-corrected chi connectivity index (χ2v) is 20.5. The molecule has 3 amide bonds. The molecule has 9 heteroatoms. The van der Waals surface area contributed by atoms with E-state index in [9.17, 15) is 14.4 Å². The highest BCUT2D eigenvalue weighted by atomic mass is 16.5. The van der Waals surface area contributed by atoms with Crippen LogP contribution in [0.2, 0.25) is 0 Å². The van der Waals surface area contributed by atoms with Gasteiger partial charge in [0.25, 0.3) is 0 Å². The van der Waals surface area contributed by atoms with Crippen LogP contribution >= 0.6 is 0 Å². The van der Waals surface area contributed by atoms with Gasteiger partial charge in [0.1, 0.15) is 18.4 Å². The molecule has 2 aromatic rings. The fourth-order valence-electron chi connectivity index (χ4n) is 8.85. The number of nitrogens with two attached hydrogens (primary N) is 1. The number of hydrogen-bond donors (Lipinski definition) is 4. The average molecular weight is 947 g/mol. The molecule has 0 spiro atoms. The number of carbonyl (C=O) groups excluding carboxylic acids is 3. The fraction of sp³-hybridized carbons (Fsp3) is 0.746. The van der Waals surface area contributed by atoms with Crippen LogP contribution in [0.3, 0.4) is 0 Å². The van der Waals surface area contributed by atoms with Crippen molar-refractivity contribution in [2.75, 3.05) is 32.9 Å². The monoisotopic (exact) mass is 947 g/mol. The largest absolute Gasteiger partial charge is 0.491 e. The molecule has 9 nitrogen and oxygen atoms in total. The van der Waals surface area contributed by atoms with E-state index in [4.69, 9.17) is 15.2 Å². The highest BCUT2D eigenvalue weighted by molar-refractivity contribution is 5.87. The van der Waals surface area contributed by atoms with Crippen LogP contribution in [0.1, 0.15) is 244 Å². The van der Waals surface area contributed by atoms with Crippen molar-refractivity contribution in [3.63, 3.8) is 0 Å². The molecule has 2 rings (SSSR count). The summed E-state index contributed by atoms with van der Waals surface area (Å²) in [6.45, 7) is 11.3. The van der Waals surface area contributed by atoms with Gasteiger partial charge in [-0.15, -0.1) is 0 Å². The molecule has 2 aromatic carbocycles. The molecule has 2 atom stereocenters. The number of benzene rings is 2. The van der Waals surface area contributed by atoms with Gasteiger partial charge in [-0.05, 0) is 67.2 Å². The van der Waals surface area contributed by atoms with E-state index in [1.807, 2.05) is 54.6 Å². The summed E-state index contributed by atoms with van der Waals surface area (Å²) < 4.78 is 11.6. The maximum absolute atomic E-state index is 13.3. The molecule has 0 bridgehead atoms. The Bertz CT molecular complexity index is 1490. The first-order chi connectivity index (χ1) is 33.2. The van der Waals surface area contributed by atoms with Gasteiger partial charge in [-0.25, -0.2) is 0 Å². The smallest absolute Gasteiger partial charge is 0.242 e. The van der Waals surface area contributed by atoms with Crippen molar-refractivity contribution in [1.82, 2.24) is 16.0 Å². The van der Waals surface area contributed by atoms with Gasteiger partial charge in [0.05, 0.1) is 19.3 Å². The normalized spacial score (nSPS) is 12.3. The predicted octanol–water partition coefficient (Wildman–Crippen LogP) is 14.3. The Morgan fingerprint density at radius 2 is 0.897 bits per heavy atom. The zero-order chi connectivity index (χ0) is 49.1. The van der Waals surface area contributed by atoms with E-state index in [1.54, 1.807) is 0 Å². The summed E-state index contributed by atoms with van der Waals surface area (Å²) in [5.74, 6) is 2.24. The molecule has 0 aliphatic rings. The van der Waals surface area contributed by atoms with E-state index < -0.39 is 6.04 Å². The molecule has 68 heavy (non-hydrogen) atoms. The van der Waals surface area contributed by atoms with Gasteiger partial charge in [0.15, 0.2) is 0 Å². The molecule has 0 aliphatic carbocycles. The third-order valence-corrected chi connectivity index (χ3v) is 13.2. The Hall–Kier alpha value is -3.43. The van der Waals surface area contributed by atoms with Crippen molar-refractivity contribution in [3.05, 3.63) is 65.7 Å². The summed E-state index contributed by atoms with van der Waals surface area (Å²) in [6, 6.07) is 17.0. The molecule has 5 N–H and O–H groups in total. The minimum atomic E-state index is -0.616. The minimum Gasteiger partial charge on any atom is -0.491 e. The van der Waals surface area contributed by atoms with E-state index in [-0.39, 0.29) is 23.8 Å². The molecule has 0 saturated carbocycles. The minimum absolute atomic E-state index is 0.0711. The number of hydrogen-bond acceptors (Lipinski definition) is 6. The lowest BCUT2D eigenvalue weighted by Crippen LogP contribution is -2.47. The van der Waals surface area contributed by atoms with Gasteiger partial charge < -0.3 is 31.2 Å². The number of nitrogens with one attached hydrogen (secondary N) is 3. The number of amides is 3. The molecule has 0 fully saturated rings. The third kappa shape index (κ3) is 34.8. The van der Waals surface area contributed by atoms with Gasteiger partial charge in [-0.2, -0.15) is 0 Å². The number of carbonyl (C=O) groups is 3. The van der Waals surface area contributed by atoms with E-state index in [0.29, 0.717) is 52.2 Å². The summed E-state index contributed by atoms with van der Waals surface area (Å²) >= 11 is 0. The number of unbranched alkanes of at least 4 members (excludes halogenated alkanes) is 23. The van der Waals surface area contributed by atoms with Gasteiger partial charge in [-0.3, -0.25) is 14.4 Å². The topological polar surface area (TPSA) is 132 Å². The molecule has 0 aliphatic heterocycles. The zero-order valence-electron chi connectivity index (χ0n) is 44.1. The Morgan fingerprint density at radius 3 is 1.40 bits per heavy atom. The van der Waals surface area contributed by atoms with Crippen molar-refractivity contribution in [2.24, 2.45) is 17.6 Å². The molecule has 0 aromatic heterocycles. The van der Waals surface area contributed by atoms with E-state index in [1.165, 1.54) is 135 Å².